The predicted molar refractivity (Wildman–Crippen MR) is 107 cm³/mol. The van der Waals surface area contributed by atoms with Crippen LogP contribution in [-0.4, -0.2) is 47.8 Å². The molecule has 2 aromatic carbocycles. The van der Waals surface area contributed by atoms with Crippen LogP contribution in [0.15, 0.2) is 42.5 Å². The molecule has 0 aliphatic carbocycles. The number of hydrogen-bond donors (Lipinski definition) is 0. The predicted octanol–water partition coefficient (Wildman–Crippen LogP) is 4.34. The minimum Gasteiger partial charge on any atom is -0.341 e. The van der Waals surface area contributed by atoms with Gasteiger partial charge in [-0.3, -0.25) is 9.59 Å². The lowest BCUT2D eigenvalue weighted by Crippen LogP contribution is -2.43. The van der Waals surface area contributed by atoms with Gasteiger partial charge in [-0.25, -0.2) is 0 Å². The molecule has 4 nitrogen and oxygen atoms in total. The second kappa shape index (κ2) is 9.95. The summed E-state index contributed by atoms with van der Waals surface area (Å²) in [4.78, 5) is 29.5. The fraction of sp³-hybridized carbons (Fsp3) is 0.455. The van der Waals surface area contributed by atoms with E-state index >= 15 is 0 Å². The monoisotopic (exact) mass is 354 g/mol. The molecule has 0 heterocycles. The molecule has 26 heavy (non-hydrogen) atoms. The van der Waals surface area contributed by atoms with Crippen molar-refractivity contribution in [3.63, 3.8) is 0 Å². The molecule has 0 bridgehead atoms. The van der Waals surface area contributed by atoms with E-state index in [0.717, 1.165) is 43.1 Å². The maximum absolute atomic E-state index is 13.2. The van der Waals surface area contributed by atoms with Crippen LogP contribution < -0.4 is 0 Å². The lowest BCUT2D eigenvalue weighted by Gasteiger charge is -2.27. The standard InChI is InChI=1S/C22H30N2O2/c1-4-14-23(15-5-2)21(25)17-24(16-6-3)22(26)20-13-9-11-18-10-7-8-12-19(18)20/h7-13H,4-6,14-17H2,1-3H3. The van der Waals surface area contributed by atoms with E-state index in [9.17, 15) is 9.59 Å². The zero-order valence-electron chi connectivity index (χ0n) is 16.2. The summed E-state index contributed by atoms with van der Waals surface area (Å²) in [6.07, 6.45) is 2.68. The first-order valence-electron chi connectivity index (χ1n) is 9.67. The normalized spacial score (nSPS) is 10.7. The van der Waals surface area contributed by atoms with E-state index in [-0.39, 0.29) is 18.4 Å². The number of nitrogens with zero attached hydrogens (tertiary/aromatic N) is 2. The maximum atomic E-state index is 13.2. The largest absolute Gasteiger partial charge is 0.341 e. The van der Waals surface area contributed by atoms with Gasteiger partial charge in [0.15, 0.2) is 0 Å². The molecule has 0 saturated carbocycles. The number of carbonyl (C=O) groups is 2. The Morgan fingerprint density at radius 2 is 1.35 bits per heavy atom. The summed E-state index contributed by atoms with van der Waals surface area (Å²) in [5.74, 6) is -0.0271. The van der Waals surface area contributed by atoms with E-state index in [1.807, 2.05) is 54.3 Å². The van der Waals surface area contributed by atoms with Crippen molar-refractivity contribution in [2.75, 3.05) is 26.2 Å². The quantitative estimate of drug-likeness (QED) is 0.672. The highest BCUT2D eigenvalue weighted by Gasteiger charge is 2.22. The zero-order chi connectivity index (χ0) is 18.9. The van der Waals surface area contributed by atoms with E-state index in [1.165, 1.54) is 0 Å². The Balaban J connectivity index is 2.25. The molecule has 0 N–H and O–H groups in total. The summed E-state index contributed by atoms with van der Waals surface area (Å²) in [6.45, 7) is 8.39. The molecule has 0 unspecified atom stereocenters. The van der Waals surface area contributed by atoms with Crippen LogP contribution in [0.2, 0.25) is 0 Å². The summed E-state index contributed by atoms with van der Waals surface area (Å²) in [7, 11) is 0. The molecule has 0 aliphatic rings. The van der Waals surface area contributed by atoms with Crippen LogP contribution in [0, 0.1) is 0 Å². The van der Waals surface area contributed by atoms with Crippen LogP contribution in [0.4, 0.5) is 0 Å². The van der Waals surface area contributed by atoms with Crippen molar-refractivity contribution in [3.05, 3.63) is 48.0 Å². The third-order valence-corrected chi connectivity index (χ3v) is 4.47. The smallest absolute Gasteiger partial charge is 0.254 e. The first-order chi connectivity index (χ1) is 12.6. The Morgan fingerprint density at radius 1 is 0.769 bits per heavy atom. The first kappa shape index (κ1) is 20.0. The fourth-order valence-electron chi connectivity index (χ4n) is 3.27. The van der Waals surface area contributed by atoms with E-state index in [2.05, 4.69) is 13.8 Å². The van der Waals surface area contributed by atoms with Gasteiger partial charge in [-0.1, -0.05) is 57.2 Å². The number of hydrogen-bond acceptors (Lipinski definition) is 2. The van der Waals surface area contributed by atoms with Gasteiger partial charge in [0.1, 0.15) is 6.54 Å². The maximum Gasteiger partial charge on any atom is 0.254 e. The number of amides is 2. The lowest BCUT2D eigenvalue weighted by atomic mass is 10.0. The summed E-state index contributed by atoms with van der Waals surface area (Å²) < 4.78 is 0. The highest BCUT2D eigenvalue weighted by molar-refractivity contribution is 6.07. The van der Waals surface area contributed by atoms with Gasteiger partial charge in [0.2, 0.25) is 5.91 Å². The molecule has 140 valence electrons. The van der Waals surface area contributed by atoms with Crippen molar-refractivity contribution >= 4 is 22.6 Å². The van der Waals surface area contributed by atoms with Crippen molar-refractivity contribution in [2.45, 2.75) is 40.0 Å². The van der Waals surface area contributed by atoms with Gasteiger partial charge in [0.25, 0.3) is 5.91 Å². The molecule has 0 spiro atoms. The molecule has 2 amide bonds. The van der Waals surface area contributed by atoms with E-state index in [0.29, 0.717) is 12.1 Å². The topological polar surface area (TPSA) is 40.6 Å². The Labute approximate surface area is 156 Å². The van der Waals surface area contributed by atoms with Crippen molar-refractivity contribution < 1.29 is 9.59 Å². The minimum atomic E-state index is -0.0649. The Hall–Kier alpha value is -2.36. The molecule has 0 fully saturated rings. The van der Waals surface area contributed by atoms with Gasteiger partial charge < -0.3 is 9.80 Å². The number of fused-ring (bicyclic) bond motifs is 1. The highest BCUT2D eigenvalue weighted by atomic mass is 16.2. The molecule has 2 rings (SSSR count). The Morgan fingerprint density at radius 3 is 2.00 bits per heavy atom. The Kier molecular flexibility index (Phi) is 7.64. The van der Waals surface area contributed by atoms with Crippen LogP contribution in [0.25, 0.3) is 10.8 Å². The van der Waals surface area contributed by atoms with E-state index in [4.69, 9.17) is 0 Å². The summed E-state index contributed by atoms with van der Waals surface area (Å²) in [5, 5.41) is 1.98. The van der Waals surface area contributed by atoms with Crippen LogP contribution >= 0.6 is 0 Å². The molecular formula is C22H30N2O2. The van der Waals surface area contributed by atoms with Crippen molar-refractivity contribution in [3.8, 4) is 0 Å². The zero-order valence-corrected chi connectivity index (χ0v) is 16.2. The number of carbonyl (C=O) groups excluding carboxylic acids is 2. The SMILES string of the molecule is CCCN(CCC)C(=O)CN(CCC)C(=O)c1cccc2ccccc12. The molecule has 0 atom stereocenters. The van der Waals surface area contributed by atoms with Crippen molar-refractivity contribution in [1.29, 1.82) is 0 Å². The molecular weight excluding hydrogens is 324 g/mol. The second-order valence-electron chi connectivity index (χ2n) is 6.63. The van der Waals surface area contributed by atoms with Gasteiger partial charge in [0.05, 0.1) is 0 Å². The van der Waals surface area contributed by atoms with E-state index < -0.39 is 0 Å². The third kappa shape index (κ3) is 4.84. The van der Waals surface area contributed by atoms with E-state index in [1.54, 1.807) is 4.90 Å². The molecule has 0 saturated heterocycles. The lowest BCUT2D eigenvalue weighted by molar-refractivity contribution is -0.132. The molecule has 4 heteroatoms. The highest BCUT2D eigenvalue weighted by Crippen LogP contribution is 2.20. The van der Waals surface area contributed by atoms with Crippen LogP contribution in [-0.2, 0) is 4.79 Å². The van der Waals surface area contributed by atoms with Crippen LogP contribution in [0.5, 0.6) is 0 Å². The molecule has 0 aliphatic heterocycles. The summed E-state index contributed by atoms with van der Waals surface area (Å²) in [5.41, 5.74) is 0.668. The van der Waals surface area contributed by atoms with Gasteiger partial charge in [-0.15, -0.1) is 0 Å². The van der Waals surface area contributed by atoms with Crippen molar-refractivity contribution in [2.24, 2.45) is 0 Å². The number of rotatable bonds is 9. The average Bonchev–Trinajstić information content (AvgIpc) is 2.66. The Bertz CT molecular complexity index is 731. The van der Waals surface area contributed by atoms with Gasteiger partial charge in [-0.05, 0) is 36.1 Å². The fourth-order valence-corrected chi connectivity index (χ4v) is 3.27. The third-order valence-electron chi connectivity index (χ3n) is 4.47. The van der Waals surface area contributed by atoms with Gasteiger partial charge >= 0.3 is 0 Å². The second-order valence-corrected chi connectivity index (χ2v) is 6.63. The summed E-state index contributed by atoms with van der Waals surface area (Å²) in [6, 6.07) is 13.7. The minimum absolute atomic E-state index is 0.0377. The molecule has 0 radical (unpaired) electrons. The van der Waals surface area contributed by atoms with Crippen LogP contribution in [0.3, 0.4) is 0 Å². The van der Waals surface area contributed by atoms with Gasteiger partial charge in [0, 0.05) is 25.2 Å². The van der Waals surface area contributed by atoms with Crippen molar-refractivity contribution in [1.82, 2.24) is 9.80 Å². The van der Waals surface area contributed by atoms with Crippen LogP contribution in [0.1, 0.15) is 50.4 Å². The molecule has 2 aromatic rings. The molecule has 0 aromatic heterocycles. The summed E-state index contributed by atoms with van der Waals surface area (Å²) >= 11 is 0. The first-order valence-corrected chi connectivity index (χ1v) is 9.67. The van der Waals surface area contributed by atoms with Gasteiger partial charge in [-0.2, -0.15) is 0 Å². The average molecular weight is 354 g/mol. The number of benzene rings is 2.